The van der Waals surface area contributed by atoms with Crippen LogP contribution in [0.15, 0.2) is 42.7 Å². The zero-order chi connectivity index (χ0) is 19.3. The number of nitrogens with zero attached hydrogens (tertiary/aromatic N) is 5. The summed E-state index contributed by atoms with van der Waals surface area (Å²) in [6.07, 6.45) is 6.45. The van der Waals surface area contributed by atoms with Gasteiger partial charge < -0.3 is 5.32 Å². The number of amides is 1. The fourth-order valence-corrected chi connectivity index (χ4v) is 4.13. The van der Waals surface area contributed by atoms with E-state index in [0.29, 0.717) is 6.54 Å². The summed E-state index contributed by atoms with van der Waals surface area (Å²) in [5.41, 5.74) is 1.73. The van der Waals surface area contributed by atoms with E-state index in [1.807, 2.05) is 31.2 Å². The number of carbonyl (C=O) groups excluding carboxylic acids is 1. The molecule has 1 N–H and O–H groups in total. The van der Waals surface area contributed by atoms with Crippen molar-refractivity contribution in [1.29, 1.82) is 0 Å². The topological polar surface area (TPSA) is 83.9 Å². The van der Waals surface area contributed by atoms with Gasteiger partial charge in [0.2, 0.25) is 5.91 Å². The number of likely N-dealkylation sites (tertiary alicyclic amines) is 1. The first kappa shape index (κ1) is 18.6. The summed E-state index contributed by atoms with van der Waals surface area (Å²) in [5.74, 6) is 0.761. The van der Waals surface area contributed by atoms with Crippen LogP contribution in [0.1, 0.15) is 30.1 Å². The van der Waals surface area contributed by atoms with Crippen molar-refractivity contribution >= 4 is 22.9 Å². The summed E-state index contributed by atoms with van der Waals surface area (Å²) in [7, 11) is 0. The number of hydrogen-bond acceptors (Lipinski definition) is 7. The lowest BCUT2D eigenvalue weighted by Gasteiger charge is -2.34. The van der Waals surface area contributed by atoms with Crippen molar-refractivity contribution in [3.8, 4) is 10.6 Å². The molecule has 7 nitrogen and oxygen atoms in total. The zero-order valence-electron chi connectivity index (χ0n) is 15.7. The quantitative estimate of drug-likeness (QED) is 0.715. The first-order valence-electron chi connectivity index (χ1n) is 9.40. The largest absolute Gasteiger partial charge is 0.325 e. The van der Waals surface area contributed by atoms with Gasteiger partial charge in [-0.3, -0.25) is 9.69 Å². The molecule has 3 heterocycles. The van der Waals surface area contributed by atoms with E-state index in [1.54, 1.807) is 29.8 Å². The Balaban J connectivity index is 1.47. The normalized spacial score (nSPS) is 17.4. The van der Waals surface area contributed by atoms with Crippen molar-refractivity contribution in [1.82, 2.24) is 25.1 Å². The second kappa shape index (κ2) is 8.53. The van der Waals surface area contributed by atoms with Gasteiger partial charge in [-0.25, -0.2) is 9.97 Å². The van der Waals surface area contributed by atoms with E-state index in [-0.39, 0.29) is 11.9 Å². The number of benzene rings is 1. The number of carbonyl (C=O) groups is 1. The van der Waals surface area contributed by atoms with Crippen LogP contribution >= 0.6 is 11.3 Å². The third-order valence-electron chi connectivity index (χ3n) is 4.78. The van der Waals surface area contributed by atoms with Gasteiger partial charge >= 0.3 is 0 Å². The molecule has 2 aromatic heterocycles. The van der Waals surface area contributed by atoms with Crippen molar-refractivity contribution in [2.45, 2.75) is 38.8 Å². The molecule has 1 aliphatic rings. The lowest BCUT2D eigenvalue weighted by atomic mass is 10.0. The molecule has 28 heavy (non-hydrogen) atoms. The Labute approximate surface area is 167 Å². The zero-order valence-corrected chi connectivity index (χ0v) is 16.5. The Kier molecular flexibility index (Phi) is 5.68. The Morgan fingerprint density at radius 1 is 1.21 bits per heavy atom. The van der Waals surface area contributed by atoms with Gasteiger partial charge in [-0.2, -0.15) is 0 Å². The van der Waals surface area contributed by atoms with Crippen molar-refractivity contribution in [3.05, 3.63) is 53.6 Å². The molecule has 0 unspecified atom stereocenters. The molecule has 1 saturated heterocycles. The summed E-state index contributed by atoms with van der Waals surface area (Å²) in [4.78, 5) is 23.8. The van der Waals surface area contributed by atoms with Gasteiger partial charge in [-0.15, -0.1) is 10.2 Å². The van der Waals surface area contributed by atoms with Crippen LogP contribution in [0.5, 0.6) is 0 Å². The van der Waals surface area contributed by atoms with Crippen LogP contribution in [0, 0.1) is 6.92 Å². The number of nitrogens with one attached hydrogen (secondary N) is 1. The standard InChI is InChI=1S/C20H22N6OS/c1-14-24-25-20(28-14)15-6-4-7-16(12-15)23-19(27)17-8-2-3-11-26(17)13-18-21-9-5-10-22-18/h4-7,9-10,12,17H,2-3,8,11,13H2,1H3,(H,23,27)/t17-/m1/s1. The summed E-state index contributed by atoms with van der Waals surface area (Å²) >= 11 is 1.54. The van der Waals surface area contributed by atoms with E-state index in [4.69, 9.17) is 0 Å². The lowest BCUT2D eigenvalue weighted by Crippen LogP contribution is -2.46. The number of hydrogen-bond donors (Lipinski definition) is 1. The predicted octanol–water partition coefficient (Wildman–Crippen LogP) is 3.30. The Morgan fingerprint density at radius 2 is 2.07 bits per heavy atom. The van der Waals surface area contributed by atoms with Gasteiger partial charge in [0.25, 0.3) is 0 Å². The third-order valence-corrected chi connectivity index (χ3v) is 5.67. The minimum Gasteiger partial charge on any atom is -0.325 e. The van der Waals surface area contributed by atoms with Crippen LogP contribution < -0.4 is 5.32 Å². The van der Waals surface area contributed by atoms with Gasteiger partial charge in [0.05, 0.1) is 12.6 Å². The highest BCUT2D eigenvalue weighted by Crippen LogP contribution is 2.26. The molecule has 4 rings (SSSR count). The van der Waals surface area contributed by atoms with E-state index in [2.05, 4.69) is 30.4 Å². The number of aryl methyl sites for hydroxylation is 1. The first-order chi connectivity index (χ1) is 13.7. The highest BCUT2D eigenvalue weighted by Gasteiger charge is 2.29. The van der Waals surface area contributed by atoms with E-state index in [9.17, 15) is 4.79 Å². The maximum Gasteiger partial charge on any atom is 0.241 e. The molecule has 144 valence electrons. The number of aromatic nitrogens is 4. The second-order valence-corrected chi connectivity index (χ2v) is 8.03. The van der Waals surface area contributed by atoms with Gasteiger partial charge in [0, 0.05) is 23.6 Å². The van der Waals surface area contributed by atoms with Crippen LogP contribution in [0.3, 0.4) is 0 Å². The minimum absolute atomic E-state index is 0.0150. The fourth-order valence-electron chi connectivity index (χ4n) is 3.44. The summed E-state index contributed by atoms with van der Waals surface area (Å²) in [6.45, 7) is 3.39. The van der Waals surface area contributed by atoms with E-state index in [0.717, 1.165) is 52.9 Å². The van der Waals surface area contributed by atoms with E-state index >= 15 is 0 Å². The molecular formula is C20H22N6OS. The summed E-state index contributed by atoms with van der Waals surface area (Å²) < 4.78 is 0. The molecule has 0 aliphatic carbocycles. The number of rotatable bonds is 5. The molecule has 1 fully saturated rings. The highest BCUT2D eigenvalue weighted by atomic mass is 32.1. The number of anilines is 1. The van der Waals surface area contributed by atoms with Crippen molar-refractivity contribution in [2.75, 3.05) is 11.9 Å². The maximum absolute atomic E-state index is 13.0. The Hall–Kier alpha value is -2.71. The maximum atomic E-state index is 13.0. The van der Waals surface area contributed by atoms with Crippen molar-refractivity contribution in [2.24, 2.45) is 0 Å². The minimum atomic E-state index is -0.176. The van der Waals surface area contributed by atoms with Crippen molar-refractivity contribution < 1.29 is 4.79 Å². The molecule has 1 amide bonds. The molecule has 8 heteroatoms. The van der Waals surface area contributed by atoms with Crippen LogP contribution in [0.4, 0.5) is 5.69 Å². The van der Waals surface area contributed by atoms with Gasteiger partial charge in [0.1, 0.15) is 15.8 Å². The molecule has 1 atom stereocenters. The third kappa shape index (κ3) is 4.40. The SMILES string of the molecule is Cc1nnc(-c2cccc(NC(=O)[C@H]3CCCCN3Cc3ncccn3)c2)s1. The molecular weight excluding hydrogens is 372 g/mol. The van der Waals surface area contributed by atoms with E-state index in [1.165, 1.54) is 0 Å². The molecule has 1 aliphatic heterocycles. The van der Waals surface area contributed by atoms with E-state index < -0.39 is 0 Å². The molecule has 3 aromatic rings. The smallest absolute Gasteiger partial charge is 0.241 e. The molecule has 0 saturated carbocycles. The molecule has 1 aromatic carbocycles. The second-order valence-electron chi connectivity index (χ2n) is 6.84. The van der Waals surface area contributed by atoms with Crippen LogP contribution in [0.25, 0.3) is 10.6 Å². The van der Waals surface area contributed by atoms with Crippen molar-refractivity contribution in [3.63, 3.8) is 0 Å². The molecule has 0 bridgehead atoms. The van der Waals surface area contributed by atoms with Gasteiger partial charge in [-0.05, 0) is 44.5 Å². The monoisotopic (exact) mass is 394 g/mol. The molecule has 0 radical (unpaired) electrons. The highest BCUT2D eigenvalue weighted by molar-refractivity contribution is 7.14. The van der Waals surface area contributed by atoms with Crippen LogP contribution in [-0.2, 0) is 11.3 Å². The average Bonchev–Trinajstić information content (AvgIpc) is 3.16. The fraction of sp³-hybridized carbons (Fsp3) is 0.350. The first-order valence-corrected chi connectivity index (χ1v) is 10.2. The summed E-state index contributed by atoms with van der Waals surface area (Å²) in [5, 5.41) is 13.1. The predicted molar refractivity (Wildman–Crippen MR) is 109 cm³/mol. The number of piperidine rings is 1. The summed E-state index contributed by atoms with van der Waals surface area (Å²) in [6, 6.07) is 9.39. The Bertz CT molecular complexity index is 945. The Morgan fingerprint density at radius 3 is 2.86 bits per heavy atom. The van der Waals surface area contributed by atoms with Gasteiger partial charge in [-0.1, -0.05) is 29.9 Å². The van der Waals surface area contributed by atoms with Crippen LogP contribution in [0.2, 0.25) is 0 Å². The lowest BCUT2D eigenvalue weighted by molar-refractivity contribution is -0.122. The molecule has 0 spiro atoms. The average molecular weight is 395 g/mol. The van der Waals surface area contributed by atoms with Crippen LogP contribution in [-0.4, -0.2) is 43.6 Å². The van der Waals surface area contributed by atoms with Gasteiger partial charge in [0.15, 0.2) is 0 Å².